The number of guanidine groups is 1. The van der Waals surface area contributed by atoms with Crippen molar-refractivity contribution in [2.75, 3.05) is 44.7 Å². The third-order valence-electron chi connectivity index (χ3n) is 4.34. The van der Waals surface area contributed by atoms with Gasteiger partial charge in [0.15, 0.2) is 5.96 Å². The van der Waals surface area contributed by atoms with Crippen LogP contribution in [0.1, 0.15) is 12.5 Å². The van der Waals surface area contributed by atoms with Crippen LogP contribution in [-0.2, 0) is 6.54 Å². The van der Waals surface area contributed by atoms with Crippen molar-refractivity contribution in [1.29, 1.82) is 0 Å². The molecule has 2 aromatic rings. The second-order valence-electron chi connectivity index (χ2n) is 5.97. The molecule has 0 aliphatic carbocycles. The van der Waals surface area contributed by atoms with E-state index in [1.807, 2.05) is 12.1 Å². The molecule has 0 bridgehead atoms. The largest absolute Gasteiger partial charge is 0.497 e. The molecular formula is C19H26N4OS. The number of methoxy groups -OCH3 is 1. The number of nitrogens with zero attached hydrogens (tertiary/aromatic N) is 3. The predicted octanol–water partition coefficient (Wildman–Crippen LogP) is 3.04. The van der Waals surface area contributed by atoms with Crippen LogP contribution in [0.25, 0.3) is 0 Å². The number of rotatable bonds is 5. The standard InChI is InChI=1S/C19H26N4OS/c1-3-20-19(21-14-16-8-13-25-15-16)23-11-9-22(10-12-23)17-4-6-18(24-2)7-5-17/h4-8,13,15H,3,9-12,14H2,1-2H3,(H,20,21). The molecule has 0 amide bonds. The topological polar surface area (TPSA) is 40.1 Å². The van der Waals surface area contributed by atoms with Crippen molar-refractivity contribution in [3.05, 3.63) is 46.7 Å². The van der Waals surface area contributed by atoms with Crippen molar-refractivity contribution >= 4 is 23.0 Å². The molecule has 0 spiro atoms. The minimum Gasteiger partial charge on any atom is -0.497 e. The fourth-order valence-corrected chi connectivity index (χ4v) is 3.60. The Kier molecular flexibility index (Phi) is 6.17. The van der Waals surface area contributed by atoms with Gasteiger partial charge in [-0.3, -0.25) is 0 Å². The van der Waals surface area contributed by atoms with E-state index in [9.17, 15) is 0 Å². The number of hydrogen-bond donors (Lipinski definition) is 1. The summed E-state index contributed by atoms with van der Waals surface area (Å²) in [5.41, 5.74) is 2.53. The maximum atomic E-state index is 5.24. The van der Waals surface area contributed by atoms with Gasteiger partial charge < -0.3 is 19.9 Å². The second-order valence-corrected chi connectivity index (χ2v) is 6.75. The molecule has 1 aliphatic heterocycles. The lowest BCUT2D eigenvalue weighted by Gasteiger charge is -2.37. The molecule has 25 heavy (non-hydrogen) atoms. The van der Waals surface area contributed by atoms with E-state index in [-0.39, 0.29) is 0 Å². The first-order valence-electron chi connectivity index (χ1n) is 8.73. The fourth-order valence-electron chi connectivity index (χ4n) is 2.94. The monoisotopic (exact) mass is 358 g/mol. The van der Waals surface area contributed by atoms with Crippen LogP contribution in [0.2, 0.25) is 0 Å². The van der Waals surface area contributed by atoms with Gasteiger partial charge in [-0.2, -0.15) is 11.3 Å². The Hall–Kier alpha value is -2.21. The first kappa shape index (κ1) is 17.6. The van der Waals surface area contributed by atoms with Crippen LogP contribution in [-0.4, -0.2) is 50.7 Å². The number of ether oxygens (including phenoxy) is 1. The third kappa shape index (κ3) is 4.66. The average molecular weight is 359 g/mol. The highest BCUT2D eigenvalue weighted by atomic mass is 32.1. The Morgan fingerprint density at radius 3 is 2.52 bits per heavy atom. The maximum absolute atomic E-state index is 5.24. The van der Waals surface area contributed by atoms with Crippen LogP contribution >= 0.6 is 11.3 Å². The van der Waals surface area contributed by atoms with Gasteiger partial charge in [0, 0.05) is 38.4 Å². The zero-order valence-corrected chi connectivity index (χ0v) is 15.8. The lowest BCUT2D eigenvalue weighted by Crippen LogP contribution is -2.52. The molecule has 1 N–H and O–H groups in total. The van der Waals surface area contributed by atoms with Crippen LogP contribution in [0.5, 0.6) is 5.75 Å². The van der Waals surface area contributed by atoms with Crippen LogP contribution in [0.15, 0.2) is 46.1 Å². The van der Waals surface area contributed by atoms with Crippen LogP contribution in [0.4, 0.5) is 5.69 Å². The van der Waals surface area contributed by atoms with E-state index >= 15 is 0 Å². The zero-order chi connectivity index (χ0) is 17.5. The van der Waals surface area contributed by atoms with Crippen molar-refractivity contribution in [2.45, 2.75) is 13.5 Å². The van der Waals surface area contributed by atoms with E-state index in [1.54, 1.807) is 18.4 Å². The Balaban J connectivity index is 1.59. The highest BCUT2D eigenvalue weighted by molar-refractivity contribution is 7.07. The summed E-state index contributed by atoms with van der Waals surface area (Å²) in [5.74, 6) is 1.92. The van der Waals surface area contributed by atoms with Gasteiger partial charge in [-0.15, -0.1) is 0 Å². The first-order chi connectivity index (χ1) is 12.3. The molecule has 0 saturated carbocycles. The Bertz CT molecular complexity index is 661. The van der Waals surface area contributed by atoms with E-state index in [0.29, 0.717) is 0 Å². The molecule has 1 fully saturated rings. The molecule has 0 radical (unpaired) electrons. The normalized spacial score (nSPS) is 15.4. The molecule has 0 atom stereocenters. The summed E-state index contributed by atoms with van der Waals surface area (Å²) in [4.78, 5) is 9.58. The summed E-state index contributed by atoms with van der Waals surface area (Å²) in [5, 5.41) is 7.69. The van der Waals surface area contributed by atoms with Crippen molar-refractivity contribution in [2.24, 2.45) is 4.99 Å². The molecule has 3 rings (SSSR count). The van der Waals surface area contributed by atoms with Crippen molar-refractivity contribution < 1.29 is 4.74 Å². The van der Waals surface area contributed by atoms with Gasteiger partial charge in [-0.1, -0.05) is 0 Å². The molecule has 0 unspecified atom stereocenters. The van der Waals surface area contributed by atoms with E-state index in [1.165, 1.54) is 11.3 Å². The molecule has 2 heterocycles. The number of thiophene rings is 1. The number of anilines is 1. The van der Waals surface area contributed by atoms with E-state index in [4.69, 9.17) is 9.73 Å². The zero-order valence-electron chi connectivity index (χ0n) is 14.9. The van der Waals surface area contributed by atoms with Gasteiger partial charge >= 0.3 is 0 Å². The summed E-state index contributed by atoms with van der Waals surface area (Å²) in [7, 11) is 1.70. The summed E-state index contributed by atoms with van der Waals surface area (Å²) < 4.78 is 5.24. The summed E-state index contributed by atoms with van der Waals surface area (Å²) >= 11 is 1.72. The second kappa shape index (κ2) is 8.76. The fraction of sp³-hybridized carbons (Fsp3) is 0.421. The maximum Gasteiger partial charge on any atom is 0.194 e. The lowest BCUT2D eigenvalue weighted by molar-refractivity contribution is 0.372. The van der Waals surface area contributed by atoms with Gasteiger partial charge in [0.25, 0.3) is 0 Å². The van der Waals surface area contributed by atoms with Crippen LogP contribution in [0, 0.1) is 0 Å². The van der Waals surface area contributed by atoms with Crippen LogP contribution < -0.4 is 15.0 Å². The highest BCUT2D eigenvalue weighted by Crippen LogP contribution is 2.20. The predicted molar refractivity (Wildman–Crippen MR) is 106 cm³/mol. The molecular weight excluding hydrogens is 332 g/mol. The Labute approximate surface area is 153 Å². The number of aliphatic imine (C=N–C) groups is 1. The van der Waals surface area contributed by atoms with Gasteiger partial charge in [0.1, 0.15) is 5.75 Å². The molecule has 134 valence electrons. The minimum atomic E-state index is 0.741. The minimum absolute atomic E-state index is 0.741. The lowest BCUT2D eigenvalue weighted by atomic mass is 10.2. The molecule has 1 aliphatic rings. The van der Waals surface area contributed by atoms with Crippen molar-refractivity contribution in [1.82, 2.24) is 10.2 Å². The summed E-state index contributed by atoms with van der Waals surface area (Å²) in [6.45, 7) is 7.69. The van der Waals surface area contributed by atoms with Crippen molar-refractivity contribution in [3.8, 4) is 5.75 Å². The molecule has 1 saturated heterocycles. The van der Waals surface area contributed by atoms with Gasteiger partial charge in [-0.25, -0.2) is 4.99 Å². The smallest absolute Gasteiger partial charge is 0.194 e. The quantitative estimate of drug-likeness (QED) is 0.659. The molecule has 1 aromatic carbocycles. The van der Waals surface area contributed by atoms with Gasteiger partial charge in [0.2, 0.25) is 0 Å². The first-order valence-corrected chi connectivity index (χ1v) is 9.67. The highest BCUT2D eigenvalue weighted by Gasteiger charge is 2.19. The Morgan fingerprint density at radius 2 is 1.92 bits per heavy atom. The summed E-state index contributed by atoms with van der Waals surface area (Å²) in [6.07, 6.45) is 0. The van der Waals surface area contributed by atoms with E-state index in [2.05, 4.69) is 51.0 Å². The molecule has 1 aromatic heterocycles. The SMILES string of the molecule is CCNC(=NCc1ccsc1)N1CCN(c2ccc(OC)cc2)CC1. The van der Waals surface area contributed by atoms with E-state index in [0.717, 1.165) is 51.0 Å². The van der Waals surface area contributed by atoms with Crippen molar-refractivity contribution in [3.63, 3.8) is 0 Å². The summed E-state index contributed by atoms with van der Waals surface area (Å²) in [6, 6.07) is 10.4. The van der Waals surface area contributed by atoms with E-state index < -0.39 is 0 Å². The van der Waals surface area contributed by atoms with Gasteiger partial charge in [0.05, 0.1) is 13.7 Å². The number of benzene rings is 1. The molecule has 5 nitrogen and oxygen atoms in total. The Morgan fingerprint density at radius 1 is 1.16 bits per heavy atom. The molecule has 6 heteroatoms. The van der Waals surface area contributed by atoms with Gasteiger partial charge in [-0.05, 0) is 53.6 Å². The van der Waals surface area contributed by atoms with Crippen LogP contribution in [0.3, 0.4) is 0 Å². The third-order valence-corrected chi connectivity index (χ3v) is 5.08. The average Bonchev–Trinajstić information content (AvgIpc) is 3.19. The number of hydrogen-bond acceptors (Lipinski definition) is 4. The number of piperazine rings is 1. The number of nitrogens with one attached hydrogen (secondary N) is 1.